The highest BCUT2D eigenvalue weighted by Gasteiger charge is 2.39. The van der Waals surface area contributed by atoms with Crippen LogP contribution in [0, 0.1) is 5.92 Å². The smallest absolute Gasteiger partial charge is 0.308 e. The monoisotopic (exact) mass is 421 g/mol. The van der Waals surface area contributed by atoms with Crippen molar-refractivity contribution < 1.29 is 9.53 Å². The average molecular weight is 422 g/mol. The minimum Gasteiger partial charge on any atom is -0.469 e. The summed E-state index contributed by atoms with van der Waals surface area (Å²) in [5, 5.41) is 3.60. The zero-order valence-electron chi connectivity index (χ0n) is 15.6. The lowest BCUT2D eigenvalue weighted by molar-refractivity contribution is -0.146. The zero-order chi connectivity index (χ0) is 18.6. The van der Waals surface area contributed by atoms with Gasteiger partial charge in [0.1, 0.15) is 0 Å². The first-order valence-electron chi connectivity index (χ1n) is 9.37. The Morgan fingerprint density at radius 3 is 2.65 bits per heavy atom. The van der Waals surface area contributed by atoms with Crippen molar-refractivity contribution in [3.63, 3.8) is 0 Å². The van der Waals surface area contributed by atoms with Crippen molar-refractivity contribution in [2.45, 2.75) is 37.5 Å². The summed E-state index contributed by atoms with van der Waals surface area (Å²) < 4.78 is 6.01. The normalized spacial score (nSPS) is 20.4. The van der Waals surface area contributed by atoms with E-state index in [0.29, 0.717) is 0 Å². The molecule has 1 aliphatic heterocycles. The molecule has 1 aromatic rings. The van der Waals surface area contributed by atoms with Crippen molar-refractivity contribution in [1.82, 2.24) is 10.2 Å². The lowest BCUT2D eigenvalue weighted by Crippen LogP contribution is -2.52. The van der Waals surface area contributed by atoms with E-state index in [2.05, 4.69) is 55.4 Å². The Morgan fingerprint density at radius 1 is 1.38 bits per heavy atom. The third-order valence-corrected chi connectivity index (χ3v) is 6.37. The van der Waals surface area contributed by atoms with Crippen molar-refractivity contribution in [2.75, 3.05) is 33.8 Å². The Bertz CT molecular complexity index is 665. The molecule has 1 aromatic carbocycles. The summed E-state index contributed by atoms with van der Waals surface area (Å²) in [5.74, 6) is 0.874. The van der Waals surface area contributed by atoms with Gasteiger partial charge in [-0.25, -0.2) is 0 Å². The highest BCUT2D eigenvalue weighted by molar-refractivity contribution is 9.10. The summed E-state index contributed by atoms with van der Waals surface area (Å²) in [6.07, 6.45) is 5.33. The lowest BCUT2D eigenvalue weighted by atomic mass is 9.64. The van der Waals surface area contributed by atoms with E-state index in [0.717, 1.165) is 42.9 Å². The molecule has 0 atom stereocenters. The minimum atomic E-state index is -0.0873. The van der Waals surface area contributed by atoms with E-state index in [1.165, 1.54) is 31.9 Å². The molecule has 0 amide bonds. The molecule has 3 rings (SSSR count). The second-order valence-corrected chi connectivity index (χ2v) is 8.25. The number of benzene rings is 1. The van der Waals surface area contributed by atoms with Crippen LogP contribution in [0.25, 0.3) is 0 Å². The van der Waals surface area contributed by atoms with Crippen LogP contribution >= 0.6 is 15.9 Å². The number of carbonyl (C=O) groups excluding carboxylic acids is 1. The molecule has 0 aromatic heterocycles. The molecule has 1 N–H and O–H groups in total. The second-order valence-electron chi connectivity index (χ2n) is 7.33. The zero-order valence-corrected chi connectivity index (χ0v) is 17.2. The first kappa shape index (κ1) is 19.2. The number of rotatable bonds is 4. The molecule has 0 radical (unpaired) electrons. The van der Waals surface area contributed by atoms with Gasteiger partial charge in [-0.15, -0.1) is 0 Å². The van der Waals surface area contributed by atoms with Crippen LogP contribution in [-0.2, 0) is 14.9 Å². The SMILES string of the molecule is CN=C(NCC1(c2cccc(Br)c2)CCC1)N1CCC(C(=O)OC)CC1. The molecule has 5 nitrogen and oxygen atoms in total. The number of aliphatic imine (C=N–C) groups is 1. The largest absolute Gasteiger partial charge is 0.469 e. The molecule has 2 aliphatic rings. The van der Waals surface area contributed by atoms with Crippen LogP contribution in [0.3, 0.4) is 0 Å². The maximum atomic E-state index is 11.7. The van der Waals surface area contributed by atoms with Crippen LogP contribution in [0.15, 0.2) is 33.7 Å². The molecule has 6 heteroatoms. The van der Waals surface area contributed by atoms with Crippen molar-refractivity contribution in [3.8, 4) is 0 Å². The fraction of sp³-hybridized carbons (Fsp3) is 0.600. The van der Waals surface area contributed by atoms with E-state index in [4.69, 9.17) is 4.74 Å². The number of likely N-dealkylation sites (tertiary alicyclic amines) is 1. The number of nitrogens with one attached hydrogen (secondary N) is 1. The number of piperidine rings is 1. The Labute approximate surface area is 164 Å². The van der Waals surface area contributed by atoms with Crippen LogP contribution in [0.5, 0.6) is 0 Å². The number of hydrogen-bond acceptors (Lipinski definition) is 3. The molecule has 26 heavy (non-hydrogen) atoms. The van der Waals surface area contributed by atoms with Gasteiger partial charge in [0.05, 0.1) is 13.0 Å². The highest BCUT2D eigenvalue weighted by atomic mass is 79.9. The van der Waals surface area contributed by atoms with Gasteiger partial charge in [0.15, 0.2) is 5.96 Å². The first-order valence-corrected chi connectivity index (χ1v) is 10.2. The van der Waals surface area contributed by atoms with Gasteiger partial charge >= 0.3 is 5.97 Å². The molecule has 1 saturated heterocycles. The quantitative estimate of drug-likeness (QED) is 0.460. The molecule has 0 bridgehead atoms. The number of ether oxygens (including phenoxy) is 1. The van der Waals surface area contributed by atoms with Crippen LogP contribution < -0.4 is 5.32 Å². The summed E-state index contributed by atoms with van der Waals surface area (Å²) in [6.45, 7) is 2.57. The van der Waals surface area contributed by atoms with Crippen LogP contribution in [0.4, 0.5) is 0 Å². The van der Waals surface area contributed by atoms with E-state index in [-0.39, 0.29) is 17.3 Å². The molecule has 1 saturated carbocycles. The average Bonchev–Trinajstić information content (AvgIpc) is 2.63. The Morgan fingerprint density at radius 2 is 2.12 bits per heavy atom. The first-order chi connectivity index (χ1) is 12.6. The molecule has 1 heterocycles. The van der Waals surface area contributed by atoms with Crippen molar-refractivity contribution >= 4 is 27.9 Å². The summed E-state index contributed by atoms with van der Waals surface area (Å²) in [7, 11) is 3.30. The Balaban J connectivity index is 1.60. The molecule has 142 valence electrons. The topological polar surface area (TPSA) is 53.9 Å². The van der Waals surface area contributed by atoms with E-state index < -0.39 is 0 Å². The maximum Gasteiger partial charge on any atom is 0.308 e. The van der Waals surface area contributed by atoms with Crippen LogP contribution in [0.2, 0.25) is 0 Å². The Kier molecular flexibility index (Phi) is 6.22. The molecule has 0 spiro atoms. The van der Waals surface area contributed by atoms with E-state index >= 15 is 0 Å². The third-order valence-electron chi connectivity index (χ3n) is 5.87. The van der Waals surface area contributed by atoms with Gasteiger partial charge in [-0.3, -0.25) is 9.79 Å². The van der Waals surface area contributed by atoms with E-state index in [1.54, 1.807) is 0 Å². The van der Waals surface area contributed by atoms with Gasteiger partial charge < -0.3 is 15.0 Å². The van der Waals surface area contributed by atoms with Crippen molar-refractivity contribution in [3.05, 3.63) is 34.3 Å². The van der Waals surface area contributed by atoms with Crippen molar-refractivity contribution in [1.29, 1.82) is 0 Å². The minimum absolute atomic E-state index is 0.0222. The van der Waals surface area contributed by atoms with Gasteiger partial charge in [-0.05, 0) is 43.4 Å². The van der Waals surface area contributed by atoms with Gasteiger partial charge in [0.25, 0.3) is 0 Å². The van der Waals surface area contributed by atoms with E-state index in [1.807, 2.05) is 7.05 Å². The summed E-state index contributed by atoms with van der Waals surface area (Å²) in [6, 6.07) is 8.67. The lowest BCUT2D eigenvalue weighted by Gasteiger charge is -2.44. The summed E-state index contributed by atoms with van der Waals surface area (Å²) in [5.41, 5.74) is 1.59. The fourth-order valence-corrected chi connectivity index (χ4v) is 4.46. The predicted octanol–water partition coefficient (Wildman–Crippen LogP) is 3.33. The molecule has 0 unspecified atom stereocenters. The number of esters is 1. The fourth-order valence-electron chi connectivity index (χ4n) is 4.06. The molecule has 2 fully saturated rings. The summed E-state index contributed by atoms with van der Waals surface area (Å²) >= 11 is 3.60. The molecular formula is C20H28BrN3O2. The molecule has 1 aliphatic carbocycles. The van der Waals surface area contributed by atoms with Gasteiger partial charge in [0.2, 0.25) is 0 Å². The van der Waals surface area contributed by atoms with Gasteiger partial charge in [-0.2, -0.15) is 0 Å². The Hall–Kier alpha value is -1.56. The standard InChI is InChI=1S/C20H28BrN3O2/c1-22-19(24-11-7-15(8-12-24)18(25)26-2)23-14-20(9-4-10-20)16-5-3-6-17(21)13-16/h3,5-6,13,15H,4,7-12,14H2,1-2H3,(H,22,23). The molecular weight excluding hydrogens is 394 g/mol. The van der Waals surface area contributed by atoms with E-state index in [9.17, 15) is 4.79 Å². The third kappa shape index (κ3) is 4.05. The van der Waals surface area contributed by atoms with Crippen LogP contribution in [0.1, 0.15) is 37.7 Å². The maximum absolute atomic E-state index is 11.7. The number of guanidine groups is 1. The second kappa shape index (κ2) is 8.42. The van der Waals surface area contributed by atoms with Gasteiger partial charge in [-0.1, -0.05) is 34.5 Å². The van der Waals surface area contributed by atoms with Gasteiger partial charge in [0, 0.05) is 36.6 Å². The van der Waals surface area contributed by atoms with Crippen molar-refractivity contribution in [2.24, 2.45) is 10.9 Å². The number of nitrogens with zero attached hydrogens (tertiary/aromatic N) is 2. The number of halogens is 1. The number of carbonyl (C=O) groups is 1. The predicted molar refractivity (Wildman–Crippen MR) is 107 cm³/mol. The number of hydrogen-bond donors (Lipinski definition) is 1. The van der Waals surface area contributed by atoms with Crippen LogP contribution in [-0.4, -0.2) is 50.6 Å². The summed E-state index contributed by atoms with van der Waals surface area (Å²) in [4.78, 5) is 18.4. The highest BCUT2D eigenvalue weighted by Crippen LogP contribution is 2.43. The number of methoxy groups -OCH3 is 1.